The fourth-order valence-corrected chi connectivity index (χ4v) is 1.11. The quantitative estimate of drug-likeness (QED) is 0.477. The van der Waals surface area contributed by atoms with Crippen molar-refractivity contribution >= 4 is 5.78 Å². The minimum atomic E-state index is 0.317. The number of carbonyl (C=O) groups is 1. The summed E-state index contributed by atoms with van der Waals surface area (Å²) in [5, 5.41) is 0. The molecule has 0 N–H and O–H groups in total. The molecule has 1 aliphatic heterocycles. The molecule has 1 rings (SSSR count). The summed E-state index contributed by atoms with van der Waals surface area (Å²) in [6.45, 7) is 2.56. The molecule has 0 fully saturated rings. The van der Waals surface area contributed by atoms with Crippen LogP contribution in [0.1, 0.15) is 13.3 Å². The maximum atomic E-state index is 10.8. The lowest BCUT2D eigenvalue weighted by Crippen LogP contribution is -2.25. The predicted octanol–water partition coefficient (Wildman–Crippen LogP) is 0.795. The van der Waals surface area contributed by atoms with E-state index in [-0.39, 0.29) is 0 Å². The van der Waals surface area contributed by atoms with Gasteiger partial charge in [-0.1, -0.05) is 5.57 Å². The van der Waals surface area contributed by atoms with Crippen molar-refractivity contribution in [3.05, 3.63) is 11.8 Å². The molecule has 0 amide bonds. The third-order valence-electron chi connectivity index (χ3n) is 1.34. The molecule has 1 aliphatic rings. The molecule has 0 aliphatic carbocycles. The van der Waals surface area contributed by atoms with Crippen molar-refractivity contribution in [2.24, 2.45) is 0 Å². The van der Waals surface area contributed by atoms with Gasteiger partial charge in [0.2, 0.25) is 0 Å². The van der Waals surface area contributed by atoms with E-state index in [1.54, 1.807) is 0 Å². The first-order valence-electron chi connectivity index (χ1n) is 3.08. The second-order valence-electron chi connectivity index (χ2n) is 2.61. The van der Waals surface area contributed by atoms with Gasteiger partial charge in [-0.3, -0.25) is 4.79 Å². The Hall–Kier alpha value is -0.790. The molecule has 0 aromatic carbocycles. The van der Waals surface area contributed by atoms with Crippen LogP contribution in [0.5, 0.6) is 0 Å². The Kier molecular flexibility index (Phi) is 1.56. The van der Waals surface area contributed by atoms with Gasteiger partial charge < -0.3 is 4.90 Å². The number of ketones is 1. The molecule has 0 atom stereocenters. The first-order chi connectivity index (χ1) is 4.18. The van der Waals surface area contributed by atoms with Crippen molar-refractivity contribution in [2.45, 2.75) is 13.3 Å². The molecular weight excluding hydrogens is 114 g/mol. The van der Waals surface area contributed by atoms with Crippen molar-refractivity contribution in [3.63, 3.8) is 0 Å². The summed E-state index contributed by atoms with van der Waals surface area (Å²) in [4.78, 5) is 12.7. The number of hydrogen-bond donors (Lipinski definition) is 0. The first-order valence-corrected chi connectivity index (χ1v) is 3.08. The summed E-state index contributed by atoms with van der Waals surface area (Å²) in [5.41, 5.74) is 1.16. The van der Waals surface area contributed by atoms with Crippen LogP contribution >= 0.6 is 0 Å². The SMILES string of the molecule is CC1=CN(C)CC(=O)C1. The van der Waals surface area contributed by atoms with Gasteiger partial charge in [-0.25, -0.2) is 0 Å². The van der Waals surface area contributed by atoms with Crippen LogP contribution in [-0.4, -0.2) is 24.3 Å². The molecule has 0 unspecified atom stereocenters. The van der Waals surface area contributed by atoms with E-state index in [0.717, 1.165) is 5.57 Å². The normalized spacial score (nSPS) is 20.0. The van der Waals surface area contributed by atoms with Gasteiger partial charge in [0.1, 0.15) is 0 Å². The Morgan fingerprint density at radius 3 is 2.78 bits per heavy atom. The fraction of sp³-hybridized carbons (Fsp3) is 0.571. The lowest BCUT2D eigenvalue weighted by Gasteiger charge is -2.19. The molecule has 0 bridgehead atoms. The molecule has 1 heterocycles. The second kappa shape index (κ2) is 2.21. The minimum absolute atomic E-state index is 0.317. The van der Waals surface area contributed by atoms with Crippen molar-refractivity contribution in [1.82, 2.24) is 4.90 Å². The maximum absolute atomic E-state index is 10.8. The van der Waals surface area contributed by atoms with Gasteiger partial charge in [-0.2, -0.15) is 0 Å². The standard InChI is InChI=1S/C7H11NO/c1-6-3-7(9)5-8(2)4-6/h4H,3,5H2,1-2H3. The van der Waals surface area contributed by atoms with Crippen LogP contribution in [0.25, 0.3) is 0 Å². The molecule has 0 spiro atoms. The Labute approximate surface area is 55.2 Å². The van der Waals surface area contributed by atoms with Gasteiger partial charge in [-0.05, 0) is 13.1 Å². The molecule has 2 nitrogen and oxygen atoms in total. The molecule has 0 aromatic heterocycles. The predicted molar refractivity (Wildman–Crippen MR) is 36.0 cm³/mol. The highest BCUT2D eigenvalue weighted by Crippen LogP contribution is 2.08. The number of likely N-dealkylation sites (N-methyl/N-ethyl adjacent to an activating group) is 1. The second-order valence-corrected chi connectivity index (χ2v) is 2.61. The van der Waals surface area contributed by atoms with Gasteiger partial charge in [0.05, 0.1) is 6.54 Å². The summed E-state index contributed by atoms with van der Waals surface area (Å²) in [5.74, 6) is 0.317. The van der Waals surface area contributed by atoms with E-state index in [1.165, 1.54) is 0 Å². The summed E-state index contributed by atoms with van der Waals surface area (Å²) in [6, 6.07) is 0. The van der Waals surface area contributed by atoms with Gasteiger partial charge in [0.15, 0.2) is 5.78 Å². The third kappa shape index (κ3) is 1.56. The van der Waals surface area contributed by atoms with Crippen LogP contribution in [0.15, 0.2) is 11.8 Å². The number of hydrogen-bond acceptors (Lipinski definition) is 2. The molecule has 50 valence electrons. The average molecular weight is 125 g/mol. The van der Waals surface area contributed by atoms with Gasteiger partial charge in [0, 0.05) is 13.5 Å². The fourth-order valence-electron chi connectivity index (χ4n) is 1.11. The van der Waals surface area contributed by atoms with E-state index < -0.39 is 0 Å². The summed E-state index contributed by atoms with van der Waals surface area (Å²) < 4.78 is 0. The zero-order valence-electron chi connectivity index (χ0n) is 5.85. The Morgan fingerprint density at radius 2 is 2.33 bits per heavy atom. The molecular formula is C7H11NO. The zero-order chi connectivity index (χ0) is 6.85. The lowest BCUT2D eigenvalue weighted by molar-refractivity contribution is -0.119. The molecule has 0 saturated heterocycles. The summed E-state index contributed by atoms with van der Waals surface area (Å²) in [6.07, 6.45) is 2.66. The Morgan fingerprint density at radius 1 is 1.67 bits per heavy atom. The van der Waals surface area contributed by atoms with Crippen LogP contribution in [0.3, 0.4) is 0 Å². The Bertz CT molecular complexity index is 160. The molecule has 0 saturated carbocycles. The summed E-state index contributed by atoms with van der Waals surface area (Å²) in [7, 11) is 1.92. The van der Waals surface area contributed by atoms with Crippen LogP contribution in [0.4, 0.5) is 0 Å². The minimum Gasteiger partial charge on any atom is -0.373 e. The zero-order valence-corrected chi connectivity index (χ0v) is 5.85. The number of nitrogens with zero attached hydrogens (tertiary/aromatic N) is 1. The van der Waals surface area contributed by atoms with Crippen molar-refractivity contribution in [3.8, 4) is 0 Å². The molecule has 0 radical (unpaired) electrons. The monoisotopic (exact) mass is 125 g/mol. The highest BCUT2D eigenvalue weighted by Gasteiger charge is 2.10. The number of Topliss-reactive ketones (excluding diaryl/α,β-unsaturated/α-hetero) is 1. The topological polar surface area (TPSA) is 20.3 Å². The first kappa shape index (κ1) is 6.33. The Balaban J connectivity index is 2.67. The number of carbonyl (C=O) groups excluding carboxylic acids is 1. The summed E-state index contributed by atoms with van der Waals surface area (Å²) >= 11 is 0. The van der Waals surface area contributed by atoms with Crippen LogP contribution in [0, 0.1) is 0 Å². The highest BCUT2D eigenvalue weighted by molar-refractivity contribution is 5.83. The van der Waals surface area contributed by atoms with E-state index in [9.17, 15) is 4.79 Å². The van der Waals surface area contributed by atoms with E-state index in [0.29, 0.717) is 18.7 Å². The maximum Gasteiger partial charge on any atom is 0.156 e. The van der Waals surface area contributed by atoms with Crippen molar-refractivity contribution in [1.29, 1.82) is 0 Å². The van der Waals surface area contributed by atoms with Crippen LogP contribution in [-0.2, 0) is 4.79 Å². The molecule has 2 heteroatoms. The van der Waals surface area contributed by atoms with Gasteiger partial charge in [0.25, 0.3) is 0 Å². The van der Waals surface area contributed by atoms with Crippen LogP contribution < -0.4 is 0 Å². The molecule has 9 heavy (non-hydrogen) atoms. The number of allylic oxidation sites excluding steroid dienone is 1. The van der Waals surface area contributed by atoms with E-state index >= 15 is 0 Å². The highest BCUT2D eigenvalue weighted by atomic mass is 16.1. The van der Waals surface area contributed by atoms with Crippen molar-refractivity contribution < 1.29 is 4.79 Å². The smallest absolute Gasteiger partial charge is 0.156 e. The average Bonchev–Trinajstić information content (AvgIpc) is 1.59. The largest absolute Gasteiger partial charge is 0.373 e. The number of rotatable bonds is 0. The van der Waals surface area contributed by atoms with Crippen molar-refractivity contribution in [2.75, 3.05) is 13.6 Å². The van der Waals surface area contributed by atoms with Gasteiger partial charge in [-0.15, -0.1) is 0 Å². The van der Waals surface area contributed by atoms with Gasteiger partial charge >= 0.3 is 0 Å². The van der Waals surface area contributed by atoms with E-state index in [1.807, 2.05) is 25.1 Å². The van der Waals surface area contributed by atoms with E-state index in [2.05, 4.69) is 0 Å². The lowest BCUT2D eigenvalue weighted by atomic mass is 10.1. The van der Waals surface area contributed by atoms with Crippen LogP contribution in [0.2, 0.25) is 0 Å². The van der Waals surface area contributed by atoms with E-state index in [4.69, 9.17) is 0 Å². The molecule has 0 aromatic rings. The third-order valence-corrected chi connectivity index (χ3v) is 1.34.